The average Bonchev–Trinajstić information content (AvgIpc) is 3.26. The van der Waals surface area contributed by atoms with Gasteiger partial charge in [0.2, 0.25) is 21.8 Å². The lowest BCUT2D eigenvalue weighted by Gasteiger charge is -2.32. The number of hydrogen-bond donors (Lipinski definition) is 1. The summed E-state index contributed by atoms with van der Waals surface area (Å²) in [5.74, 6) is -0.843. The van der Waals surface area contributed by atoms with E-state index in [1.807, 2.05) is 0 Å². The van der Waals surface area contributed by atoms with E-state index in [-0.39, 0.29) is 34.2 Å². The van der Waals surface area contributed by atoms with Gasteiger partial charge in [0.15, 0.2) is 0 Å². The zero-order chi connectivity index (χ0) is 25.8. The lowest BCUT2D eigenvalue weighted by atomic mass is 10.1. The van der Waals surface area contributed by atoms with Crippen molar-refractivity contribution in [1.82, 2.24) is 10.2 Å². The molecule has 0 spiro atoms. The summed E-state index contributed by atoms with van der Waals surface area (Å²) >= 11 is 18.3. The van der Waals surface area contributed by atoms with Crippen LogP contribution in [0.4, 0.5) is 5.69 Å². The highest BCUT2D eigenvalue weighted by Gasteiger charge is 2.31. The molecule has 1 fully saturated rings. The van der Waals surface area contributed by atoms with E-state index >= 15 is 0 Å². The van der Waals surface area contributed by atoms with Gasteiger partial charge in [0.1, 0.15) is 12.6 Å². The van der Waals surface area contributed by atoms with E-state index in [9.17, 15) is 18.0 Å². The number of amides is 2. The molecule has 1 N–H and O–H groups in total. The van der Waals surface area contributed by atoms with E-state index in [1.54, 1.807) is 31.2 Å². The van der Waals surface area contributed by atoms with Gasteiger partial charge in [-0.05, 0) is 55.7 Å². The minimum atomic E-state index is -3.88. The van der Waals surface area contributed by atoms with Crippen molar-refractivity contribution in [2.75, 3.05) is 17.1 Å². The molecule has 2 aromatic rings. The van der Waals surface area contributed by atoms with Crippen LogP contribution in [0.1, 0.15) is 38.2 Å². The van der Waals surface area contributed by atoms with E-state index in [0.29, 0.717) is 10.6 Å². The molecular weight excluding hydrogens is 533 g/mol. The number of carbonyl (C=O) groups is 2. The predicted octanol–water partition coefficient (Wildman–Crippen LogP) is 4.89. The van der Waals surface area contributed by atoms with Crippen molar-refractivity contribution < 1.29 is 18.0 Å². The van der Waals surface area contributed by atoms with E-state index in [2.05, 4.69) is 5.32 Å². The van der Waals surface area contributed by atoms with Crippen LogP contribution in [0.25, 0.3) is 0 Å². The SMILES string of the molecule is CC(C(=O)NC1CCCC1)N(Cc1cccc(Cl)c1)C(=O)CN(c1cc(Cl)cc(Cl)c1)S(C)(=O)=O. The van der Waals surface area contributed by atoms with Gasteiger partial charge in [-0.15, -0.1) is 0 Å². The summed E-state index contributed by atoms with van der Waals surface area (Å²) in [5.41, 5.74) is 0.868. The first-order chi connectivity index (χ1) is 16.4. The number of nitrogens with one attached hydrogen (secondary N) is 1. The van der Waals surface area contributed by atoms with Crippen molar-refractivity contribution in [3.05, 3.63) is 63.1 Å². The molecule has 190 valence electrons. The maximum absolute atomic E-state index is 13.6. The van der Waals surface area contributed by atoms with Gasteiger partial charge in [-0.1, -0.05) is 59.8 Å². The Kier molecular flexibility index (Phi) is 9.32. The summed E-state index contributed by atoms with van der Waals surface area (Å²) in [5, 5.41) is 3.97. The van der Waals surface area contributed by atoms with Crippen LogP contribution in [0.15, 0.2) is 42.5 Å². The predicted molar refractivity (Wildman–Crippen MR) is 141 cm³/mol. The number of halogens is 3. The average molecular weight is 561 g/mol. The summed E-state index contributed by atoms with van der Waals surface area (Å²) in [6.07, 6.45) is 4.90. The molecule has 1 atom stereocenters. The van der Waals surface area contributed by atoms with Crippen LogP contribution >= 0.6 is 34.8 Å². The molecule has 0 heterocycles. The highest BCUT2D eigenvalue weighted by atomic mass is 35.5. The molecule has 2 aromatic carbocycles. The Morgan fingerprint density at radius 3 is 2.23 bits per heavy atom. The van der Waals surface area contributed by atoms with E-state index in [1.165, 1.54) is 23.1 Å². The molecule has 1 aliphatic rings. The maximum Gasteiger partial charge on any atom is 0.244 e. The second-order valence-corrected chi connectivity index (χ2v) is 11.9. The minimum Gasteiger partial charge on any atom is -0.352 e. The minimum absolute atomic E-state index is 0.0759. The number of benzene rings is 2. The van der Waals surface area contributed by atoms with Gasteiger partial charge >= 0.3 is 0 Å². The van der Waals surface area contributed by atoms with E-state index < -0.39 is 28.5 Å². The molecule has 3 rings (SSSR count). The zero-order valence-electron chi connectivity index (χ0n) is 19.5. The second kappa shape index (κ2) is 11.8. The van der Waals surface area contributed by atoms with Crippen LogP contribution in [0.3, 0.4) is 0 Å². The molecule has 7 nitrogen and oxygen atoms in total. The highest BCUT2D eigenvalue weighted by Crippen LogP contribution is 2.27. The standard InChI is InChI=1S/C24H28Cl3N3O4S/c1-16(24(32)28-21-8-3-4-9-21)29(14-17-6-5-7-18(25)10-17)23(31)15-30(35(2,33)34)22-12-19(26)11-20(27)13-22/h5-7,10-13,16,21H,3-4,8-9,14-15H2,1-2H3,(H,28,32). The quantitative estimate of drug-likeness (QED) is 0.473. The molecule has 0 bridgehead atoms. The van der Waals surface area contributed by atoms with Crippen LogP contribution in [0.2, 0.25) is 15.1 Å². The lowest BCUT2D eigenvalue weighted by molar-refractivity contribution is -0.139. The molecule has 1 aliphatic carbocycles. The Hall–Kier alpha value is -2.00. The zero-order valence-corrected chi connectivity index (χ0v) is 22.6. The molecule has 1 saturated carbocycles. The maximum atomic E-state index is 13.6. The van der Waals surface area contributed by atoms with Gasteiger partial charge in [-0.2, -0.15) is 0 Å². The number of sulfonamides is 1. The van der Waals surface area contributed by atoms with Gasteiger partial charge < -0.3 is 10.2 Å². The van der Waals surface area contributed by atoms with Crippen LogP contribution in [0.5, 0.6) is 0 Å². The lowest BCUT2D eigenvalue weighted by Crippen LogP contribution is -2.52. The molecule has 35 heavy (non-hydrogen) atoms. The molecule has 0 aromatic heterocycles. The van der Waals surface area contributed by atoms with Crippen LogP contribution in [-0.2, 0) is 26.2 Å². The third-order valence-electron chi connectivity index (χ3n) is 5.93. The summed E-state index contributed by atoms with van der Waals surface area (Å²) in [7, 11) is -3.88. The molecule has 0 radical (unpaired) electrons. The first-order valence-electron chi connectivity index (χ1n) is 11.2. The van der Waals surface area contributed by atoms with Crippen molar-refractivity contribution in [1.29, 1.82) is 0 Å². The first-order valence-corrected chi connectivity index (χ1v) is 14.2. The smallest absolute Gasteiger partial charge is 0.244 e. The fourth-order valence-electron chi connectivity index (χ4n) is 4.10. The Balaban J connectivity index is 1.90. The van der Waals surface area contributed by atoms with Crippen molar-refractivity contribution in [2.24, 2.45) is 0 Å². The molecule has 1 unspecified atom stereocenters. The fourth-order valence-corrected chi connectivity index (χ4v) is 5.66. The monoisotopic (exact) mass is 559 g/mol. The highest BCUT2D eigenvalue weighted by molar-refractivity contribution is 7.92. The second-order valence-electron chi connectivity index (χ2n) is 8.71. The van der Waals surface area contributed by atoms with Crippen LogP contribution in [0, 0.1) is 0 Å². The van der Waals surface area contributed by atoms with Crippen LogP contribution in [-0.4, -0.2) is 50.0 Å². The van der Waals surface area contributed by atoms with Crippen molar-refractivity contribution >= 4 is 62.3 Å². The molecular formula is C24H28Cl3N3O4S. The molecule has 2 amide bonds. The van der Waals surface area contributed by atoms with Crippen molar-refractivity contribution in [3.63, 3.8) is 0 Å². The first kappa shape index (κ1) is 27.6. The summed E-state index contributed by atoms with van der Waals surface area (Å²) < 4.78 is 26.2. The van der Waals surface area contributed by atoms with Crippen molar-refractivity contribution in [2.45, 2.75) is 51.2 Å². The molecule has 0 aliphatic heterocycles. The summed E-state index contributed by atoms with van der Waals surface area (Å²) in [6.45, 7) is 1.18. The molecule has 0 saturated heterocycles. The van der Waals surface area contributed by atoms with E-state index in [4.69, 9.17) is 34.8 Å². The topological polar surface area (TPSA) is 86.8 Å². The third kappa shape index (κ3) is 7.74. The number of rotatable bonds is 9. The van der Waals surface area contributed by atoms with Gasteiger partial charge in [0, 0.05) is 27.7 Å². The van der Waals surface area contributed by atoms with Gasteiger partial charge in [0.25, 0.3) is 0 Å². The van der Waals surface area contributed by atoms with Gasteiger partial charge in [0.05, 0.1) is 11.9 Å². The van der Waals surface area contributed by atoms with E-state index in [0.717, 1.165) is 36.2 Å². The van der Waals surface area contributed by atoms with Crippen molar-refractivity contribution in [3.8, 4) is 0 Å². The number of hydrogen-bond acceptors (Lipinski definition) is 4. The summed E-state index contributed by atoms with van der Waals surface area (Å²) in [6, 6.07) is 10.5. The number of anilines is 1. The number of carbonyl (C=O) groups excluding carboxylic acids is 2. The molecule has 11 heteroatoms. The Bertz CT molecular complexity index is 1170. The fraction of sp³-hybridized carbons (Fsp3) is 0.417. The van der Waals surface area contributed by atoms with Crippen LogP contribution < -0.4 is 9.62 Å². The largest absolute Gasteiger partial charge is 0.352 e. The third-order valence-corrected chi connectivity index (χ3v) is 7.74. The Morgan fingerprint density at radius 2 is 1.66 bits per heavy atom. The Labute approximate surface area is 221 Å². The Morgan fingerprint density at radius 1 is 1.03 bits per heavy atom. The van der Waals surface area contributed by atoms with Gasteiger partial charge in [-0.25, -0.2) is 8.42 Å². The number of nitrogens with zero attached hydrogens (tertiary/aromatic N) is 2. The van der Waals surface area contributed by atoms with Gasteiger partial charge in [-0.3, -0.25) is 13.9 Å². The summed E-state index contributed by atoms with van der Waals surface area (Å²) in [4.78, 5) is 28.0. The normalized spacial score (nSPS) is 15.0.